The van der Waals surface area contributed by atoms with Crippen LogP contribution >= 0.6 is 23.2 Å². The number of β-amino-alcohol motifs (C(OH)–C–C–N with tert-alkyl or cyclic N) is 1. The molecule has 104 valence electrons. The second-order valence-corrected chi connectivity index (χ2v) is 5.24. The SMILES string of the molecule is O=C(CCCOc1cccc(Cl)c1Cl)N1CC(O)C1. The number of aliphatic hydroxyl groups excluding tert-OH is 1. The first-order chi connectivity index (χ1) is 9.08. The number of likely N-dealkylation sites (tertiary alicyclic amines) is 1. The van der Waals surface area contributed by atoms with E-state index in [4.69, 9.17) is 33.0 Å². The number of halogens is 2. The van der Waals surface area contributed by atoms with Crippen LogP contribution in [0.2, 0.25) is 10.0 Å². The zero-order valence-corrected chi connectivity index (χ0v) is 11.8. The number of benzene rings is 1. The lowest BCUT2D eigenvalue weighted by Gasteiger charge is -2.35. The molecule has 2 rings (SSSR count). The zero-order chi connectivity index (χ0) is 13.8. The topological polar surface area (TPSA) is 49.8 Å². The van der Waals surface area contributed by atoms with Gasteiger partial charge in [0.25, 0.3) is 0 Å². The lowest BCUT2D eigenvalue weighted by atomic mass is 10.1. The smallest absolute Gasteiger partial charge is 0.222 e. The highest BCUT2D eigenvalue weighted by Gasteiger charge is 2.27. The summed E-state index contributed by atoms with van der Waals surface area (Å²) in [5.74, 6) is 0.576. The van der Waals surface area contributed by atoms with Crippen LogP contribution in [0, 0.1) is 0 Å². The Kier molecular flexibility index (Phi) is 4.91. The number of carbonyl (C=O) groups is 1. The monoisotopic (exact) mass is 303 g/mol. The van der Waals surface area contributed by atoms with Gasteiger partial charge in [0.2, 0.25) is 5.91 Å². The van der Waals surface area contributed by atoms with Crippen LogP contribution < -0.4 is 4.74 Å². The molecule has 1 aliphatic rings. The highest BCUT2D eigenvalue weighted by molar-refractivity contribution is 6.42. The fourth-order valence-corrected chi connectivity index (χ4v) is 2.16. The van der Waals surface area contributed by atoms with Gasteiger partial charge in [-0.1, -0.05) is 29.3 Å². The number of hydrogen-bond donors (Lipinski definition) is 1. The molecular weight excluding hydrogens is 289 g/mol. The van der Waals surface area contributed by atoms with Crippen molar-refractivity contribution in [3.63, 3.8) is 0 Å². The average molecular weight is 304 g/mol. The molecule has 0 saturated carbocycles. The minimum absolute atomic E-state index is 0.0473. The Hall–Kier alpha value is -0.970. The van der Waals surface area contributed by atoms with E-state index in [9.17, 15) is 4.79 Å². The quantitative estimate of drug-likeness (QED) is 0.850. The average Bonchev–Trinajstić information content (AvgIpc) is 2.35. The van der Waals surface area contributed by atoms with Crippen molar-refractivity contribution in [1.82, 2.24) is 4.90 Å². The van der Waals surface area contributed by atoms with Crippen molar-refractivity contribution in [1.29, 1.82) is 0 Å². The Morgan fingerprint density at radius 2 is 2.16 bits per heavy atom. The third kappa shape index (κ3) is 3.75. The van der Waals surface area contributed by atoms with E-state index in [1.54, 1.807) is 23.1 Å². The van der Waals surface area contributed by atoms with E-state index < -0.39 is 0 Å². The first kappa shape index (κ1) is 14.4. The Bertz CT molecular complexity index is 461. The number of amides is 1. The van der Waals surface area contributed by atoms with E-state index in [2.05, 4.69) is 0 Å². The van der Waals surface area contributed by atoms with E-state index in [-0.39, 0.29) is 12.0 Å². The van der Waals surface area contributed by atoms with Crippen molar-refractivity contribution in [3.05, 3.63) is 28.2 Å². The molecule has 6 heteroatoms. The second kappa shape index (κ2) is 6.46. The predicted octanol–water partition coefficient (Wildman–Crippen LogP) is 2.36. The Morgan fingerprint density at radius 3 is 2.84 bits per heavy atom. The molecule has 1 N–H and O–H groups in total. The van der Waals surface area contributed by atoms with Crippen LogP contribution in [0.15, 0.2) is 18.2 Å². The molecule has 0 unspecified atom stereocenters. The fraction of sp³-hybridized carbons (Fsp3) is 0.462. The number of nitrogens with zero attached hydrogens (tertiary/aromatic N) is 1. The van der Waals surface area contributed by atoms with Crippen LogP contribution in [-0.2, 0) is 4.79 Å². The number of carbonyl (C=O) groups excluding carboxylic acids is 1. The van der Waals surface area contributed by atoms with Gasteiger partial charge in [0.1, 0.15) is 10.8 Å². The summed E-state index contributed by atoms with van der Waals surface area (Å²) in [7, 11) is 0. The molecule has 1 amide bonds. The Labute approximate surface area is 121 Å². The van der Waals surface area contributed by atoms with Crippen LogP contribution in [0.4, 0.5) is 0 Å². The molecule has 1 aromatic carbocycles. The Morgan fingerprint density at radius 1 is 1.42 bits per heavy atom. The maximum atomic E-state index is 11.6. The summed E-state index contributed by atoms with van der Waals surface area (Å²) in [6.45, 7) is 1.29. The predicted molar refractivity (Wildman–Crippen MR) is 73.8 cm³/mol. The molecule has 0 aromatic heterocycles. The molecule has 1 saturated heterocycles. The van der Waals surface area contributed by atoms with Crippen molar-refractivity contribution >= 4 is 29.1 Å². The summed E-state index contributed by atoms with van der Waals surface area (Å²) in [5.41, 5.74) is 0. The van der Waals surface area contributed by atoms with Crippen LogP contribution in [0.1, 0.15) is 12.8 Å². The molecule has 1 heterocycles. The van der Waals surface area contributed by atoms with Gasteiger partial charge in [-0.15, -0.1) is 0 Å². The molecule has 1 aromatic rings. The van der Waals surface area contributed by atoms with Gasteiger partial charge in [0.05, 0.1) is 17.7 Å². The fourth-order valence-electron chi connectivity index (χ4n) is 1.82. The van der Waals surface area contributed by atoms with Gasteiger partial charge in [0.15, 0.2) is 0 Å². The first-order valence-corrected chi connectivity index (χ1v) is 6.86. The standard InChI is InChI=1S/C13H15Cl2NO3/c14-10-3-1-4-11(13(10)15)19-6-2-5-12(18)16-7-9(17)8-16/h1,3-4,9,17H,2,5-8H2. The second-order valence-electron chi connectivity index (χ2n) is 4.46. The van der Waals surface area contributed by atoms with Crippen molar-refractivity contribution in [2.75, 3.05) is 19.7 Å². The van der Waals surface area contributed by atoms with Crippen LogP contribution in [-0.4, -0.2) is 41.7 Å². The van der Waals surface area contributed by atoms with Gasteiger partial charge in [-0.2, -0.15) is 0 Å². The molecule has 1 fully saturated rings. The van der Waals surface area contributed by atoms with Gasteiger partial charge in [-0.25, -0.2) is 0 Å². The number of hydrogen-bond acceptors (Lipinski definition) is 3. The van der Waals surface area contributed by atoms with Gasteiger partial charge in [0, 0.05) is 19.5 Å². The summed E-state index contributed by atoms with van der Waals surface area (Å²) in [5, 5.41) is 9.94. The van der Waals surface area contributed by atoms with E-state index in [0.29, 0.717) is 48.3 Å². The molecule has 0 atom stereocenters. The molecule has 4 nitrogen and oxygen atoms in total. The van der Waals surface area contributed by atoms with Crippen LogP contribution in [0.3, 0.4) is 0 Å². The van der Waals surface area contributed by atoms with E-state index in [1.165, 1.54) is 0 Å². The molecule has 1 aliphatic heterocycles. The molecular formula is C13H15Cl2NO3. The lowest BCUT2D eigenvalue weighted by molar-refractivity contribution is -0.141. The van der Waals surface area contributed by atoms with Gasteiger partial charge in [-0.05, 0) is 18.6 Å². The number of ether oxygens (including phenoxy) is 1. The summed E-state index contributed by atoms with van der Waals surface area (Å²) in [6.07, 6.45) is 0.657. The molecule has 0 bridgehead atoms. The van der Waals surface area contributed by atoms with Crippen molar-refractivity contribution < 1.29 is 14.6 Å². The lowest BCUT2D eigenvalue weighted by Crippen LogP contribution is -2.53. The summed E-state index contributed by atoms with van der Waals surface area (Å²) >= 11 is 11.8. The summed E-state index contributed by atoms with van der Waals surface area (Å²) in [6, 6.07) is 5.19. The van der Waals surface area contributed by atoms with Crippen molar-refractivity contribution in [2.24, 2.45) is 0 Å². The third-order valence-corrected chi connectivity index (χ3v) is 3.73. The van der Waals surface area contributed by atoms with Crippen molar-refractivity contribution in [2.45, 2.75) is 18.9 Å². The van der Waals surface area contributed by atoms with Crippen LogP contribution in [0.5, 0.6) is 5.75 Å². The van der Waals surface area contributed by atoms with E-state index in [0.717, 1.165) is 0 Å². The highest BCUT2D eigenvalue weighted by atomic mass is 35.5. The van der Waals surface area contributed by atoms with E-state index in [1.807, 2.05) is 0 Å². The molecule has 19 heavy (non-hydrogen) atoms. The maximum Gasteiger partial charge on any atom is 0.222 e. The normalized spacial score (nSPS) is 15.2. The first-order valence-electron chi connectivity index (χ1n) is 6.10. The van der Waals surface area contributed by atoms with Crippen molar-refractivity contribution in [3.8, 4) is 5.75 Å². The zero-order valence-electron chi connectivity index (χ0n) is 10.3. The molecule has 0 radical (unpaired) electrons. The third-order valence-electron chi connectivity index (χ3n) is 2.92. The van der Waals surface area contributed by atoms with E-state index >= 15 is 0 Å². The number of rotatable bonds is 5. The molecule has 0 spiro atoms. The minimum atomic E-state index is -0.356. The maximum absolute atomic E-state index is 11.6. The number of aliphatic hydroxyl groups is 1. The van der Waals surface area contributed by atoms with Gasteiger partial charge >= 0.3 is 0 Å². The van der Waals surface area contributed by atoms with Gasteiger partial charge in [-0.3, -0.25) is 4.79 Å². The summed E-state index contributed by atoms with van der Waals surface area (Å²) < 4.78 is 5.48. The largest absolute Gasteiger partial charge is 0.492 e. The minimum Gasteiger partial charge on any atom is -0.492 e. The summed E-state index contributed by atoms with van der Waals surface area (Å²) in [4.78, 5) is 13.3. The Balaban J connectivity index is 1.69. The highest BCUT2D eigenvalue weighted by Crippen LogP contribution is 2.31. The van der Waals surface area contributed by atoms with Crippen LogP contribution in [0.25, 0.3) is 0 Å². The van der Waals surface area contributed by atoms with Gasteiger partial charge < -0.3 is 14.7 Å². The molecule has 0 aliphatic carbocycles.